The van der Waals surface area contributed by atoms with Gasteiger partial charge in [-0.25, -0.2) is 9.97 Å². The Morgan fingerprint density at radius 3 is 2.53 bits per heavy atom. The number of likely N-dealkylation sites (tertiary alicyclic amines) is 1. The van der Waals surface area contributed by atoms with E-state index in [1.165, 1.54) is 12.4 Å². The molecule has 0 N–H and O–H groups in total. The summed E-state index contributed by atoms with van der Waals surface area (Å²) in [7, 11) is 0. The van der Waals surface area contributed by atoms with Crippen molar-refractivity contribution in [2.24, 2.45) is 0 Å². The van der Waals surface area contributed by atoms with Crippen LogP contribution in [0.2, 0.25) is 0 Å². The number of carbonyl (C=O) groups is 1. The number of hydrogen-bond donors (Lipinski definition) is 0. The first-order valence-electron chi connectivity index (χ1n) is 9.73. The third kappa shape index (κ3) is 4.55. The van der Waals surface area contributed by atoms with Crippen LogP contribution < -0.4 is 9.47 Å². The third-order valence-corrected chi connectivity index (χ3v) is 4.79. The van der Waals surface area contributed by atoms with Gasteiger partial charge in [-0.3, -0.25) is 4.79 Å². The van der Waals surface area contributed by atoms with Crippen LogP contribution in [0.1, 0.15) is 28.9 Å². The predicted octanol–water partition coefficient (Wildman–Crippen LogP) is 3.82. The summed E-state index contributed by atoms with van der Waals surface area (Å²) in [5.41, 5.74) is 0.739. The molecule has 7 heteroatoms. The minimum atomic E-state index is -0.229. The van der Waals surface area contributed by atoms with Crippen LogP contribution >= 0.6 is 0 Å². The molecule has 2 aromatic carbocycles. The highest BCUT2D eigenvalue weighted by atomic mass is 16.5. The minimum Gasteiger partial charge on any atom is -0.470 e. The molecule has 1 unspecified atom stereocenters. The van der Waals surface area contributed by atoms with E-state index in [-0.39, 0.29) is 23.6 Å². The Morgan fingerprint density at radius 2 is 1.77 bits per heavy atom. The molecule has 0 spiro atoms. The smallest absolute Gasteiger partial charge is 0.253 e. The molecule has 1 aliphatic rings. The molecule has 1 aromatic heterocycles. The first-order valence-corrected chi connectivity index (χ1v) is 9.73. The van der Waals surface area contributed by atoms with Gasteiger partial charge in [-0.1, -0.05) is 18.2 Å². The molecule has 4 rings (SSSR count). The van der Waals surface area contributed by atoms with Crippen LogP contribution in [-0.4, -0.2) is 40.0 Å². The van der Waals surface area contributed by atoms with E-state index in [1.807, 2.05) is 36.4 Å². The molecular formula is C23H20N4O3. The van der Waals surface area contributed by atoms with Gasteiger partial charge in [0.25, 0.3) is 11.8 Å². The Morgan fingerprint density at radius 1 is 1.03 bits per heavy atom. The molecule has 0 radical (unpaired) electrons. The molecule has 0 aliphatic carbocycles. The van der Waals surface area contributed by atoms with Crippen molar-refractivity contribution in [3.63, 3.8) is 0 Å². The fourth-order valence-electron chi connectivity index (χ4n) is 3.34. The van der Waals surface area contributed by atoms with Crippen molar-refractivity contribution >= 4 is 5.91 Å². The van der Waals surface area contributed by atoms with Crippen LogP contribution in [0.3, 0.4) is 0 Å². The van der Waals surface area contributed by atoms with Crippen LogP contribution in [0.25, 0.3) is 0 Å². The molecule has 7 nitrogen and oxygen atoms in total. The number of amides is 1. The maximum absolute atomic E-state index is 12.9. The van der Waals surface area contributed by atoms with Gasteiger partial charge >= 0.3 is 0 Å². The second-order valence-electron chi connectivity index (χ2n) is 6.89. The van der Waals surface area contributed by atoms with Crippen molar-refractivity contribution in [3.05, 3.63) is 78.2 Å². The summed E-state index contributed by atoms with van der Waals surface area (Å²) in [5.74, 6) is 1.56. The van der Waals surface area contributed by atoms with Gasteiger partial charge in [0.05, 0.1) is 6.54 Å². The summed E-state index contributed by atoms with van der Waals surface area (Å²) < 4.78 is 11.6. The summed E-state index contributed by atoms with van der Waals surface area (Å²) in [5, 5.41) is 9.15. The second-order valence-corrected chi connectivity index (χ2v) is 6.89. The summed E-state index contributed by atoms with van der Waals surface area (Å²) in [6.45, 7) is 1.09. The Bertz CT molecular complexity index is 1050. The number of nitriles is 1. The van der Waals surface area contributed by atoms with Gasteiger partial charge in [0, 0.05) is 24.5 Å². The molecule has 0 bridgehead atoms. The number of rotatable bonds is 5. The van der Waals surface area contributed by atoms with Gasteiger partial charge in [0.1, 0.15) is 23.7 Å². The lowest BCUT2D eigenvalue weighted by Crippen LogP contribution is -2.44. The van der Waals surface area contributed by atoms with Gasteiger partial charge in [0.2, 0.25) is 5.69 Å². The van der Waals surface area contributed by atoms with Gasteiger partial charge in [-0.05, 0) is 49.2 Å². The van der Waals surface area contributed by atoms with Crippen LogP contribution in [-0.2, 0) is 0 Å². The fourth-order valence-corrected chi connectivity index (χ4v) is 3.34. The molecule has 1 aliphatic heterocycles. The number of para-hydroxylation sites is 1. The zero-order valence-corrected chi connectivity index (χ0v) is 16.3. The van der Waals surface area contributed by atoms with Gasteiger partial charge in [-0.2, -0.15) is 5.26 Å². The van der Waals surface area contributed by atoms with E-state index in [0.29, 0.717) is 24.4 Å². The summed E-state index contributed by atoms with van der Waals surface area (Å²) in [6.07, 6.45) is 4.31. The molecule has 1 amide bonds. The average molecular weight is 400 g/mol. The number of aromatic nitrogens is 2. The van der Waals surface area contributed by atoms with Crippen LogP contribution in [0.5, 0.6) is 17.4 Å². The highest BCUT2D eigenvalue weighted by Gasteiger charge is 2.26. The topological polar surface area (TPSA) is 88.3 Å². The van der Waals surface area contributed by atoms with Gasteiger partial charge in [-0.15, -0.1) is 0 Å². The Balaban J connectivity index is 1.40. The van der Waals surface area contributed by atoms with Gasteiger partial charge in [0.15, 0.2) is 0 Å². The lowest BCUT2D eigenvalue weighted by molar-refractivity contribution is 0.0526. The van der Waals surface area contributed by atoms with E-state index in [1.54, 1.807) is 29.2 Å². The van der Waals surface area contributed by atoms with Crippen LogP contribution in [0, 0.1) is 11.3 Å². The molecule has 1 atom stereocenters. The van der Waals surface area contributed by atoms with E-state index >= 15 is 0 Å². The van der Waals surface area contributed by atoms with Crippen molar-refractivity contribution in [1.82, 2.24) is 14.9 Å². The molecule has 1 saturated heterocycles. The van der Waals surface area contributed by atoms with E-state index < -0.39 is 0 Å². The monoisotopic (exact) mass is 400 g/mol. The van der Waals surface area contributed by atoms with E-state index in [9.17, 15) is 4.79 Å². The summed E-state index contributed by atoms with van der Waals surface area (Å²) in [6, 6.07) is 18.6. The second kappa shape index (κ2) is 9.05. The Kier molecular flexibility index (Phi) is 5.85. The Hall–Kier alpha value is -3.92. The van der Waals surface area contributed by atoms with Crippen molar-refractivity contribution in [2.75, 3.05) is 13.1 Å². The van der Waals surface area contributed by atoms with Crippen molar-refractivity contribution in [2.45, 2.75) is 18.9 Å². The maximum Gasteiger partial charge on any atom is 0.253 e. The van der Waals surface area contributed by atoms with Crippen molar-refractivity contribution in [1.29, 1.82) is 5.26 Å². The number of nitrogens with zero attached hydrogens (tertiary/aromatic N) is 4. The van der Waals surface area contributed by atoms with Crippen molar-refractivity contribution in [3.8, 4) is 23.4 Å². The molecule has 0 saturated carbocycles. The molecule has 30 heavy (non-hydrogen) atoms. The van der Waals surface area contributed by atoms with Crippen molar-refractivity contribution < 1.29 is 14.3 Å². The number of carbonyl (C=O) groups excluding carboxylic acids is 1. The highest BCUT2D eigenvalue weighted by molar-refractivity contribution is 5.94. The first kappa shape index (κ1) is 19.4. The highest BCUT2D eigenvalue weighted by Crippen LogP contribution is 2.23. The predicted molar refractivity (Wildman–Crippen MR) is 109 cm³/mol. The fraction of sp³-hybridized carbons (Fsp3) is 0.217. The molecule has 3 aromatic rings. The van der Waals surface area contributed by atoms with E-state index in [2.05, 4.69) is 9.97 Å². The van der Waals surface area contributed by atoms with E-state index in [0.717, 1.165) is 18.6 Å². The van der Waals surface area contributed by atoms with E-state index in [4.69, 9.17) is 14.7 Å². The third-order valence-electron chi connectivity index (χ3n) is 4.79. The van der Waals surface area contributed by atoms with Gasteiger partial charge < -0.3 is 14.4 Å². The number of piperidine rings is 1. The minimum absolute atomic E-state index is 0.0609. The quantitative estimate of drug-likeness (QED) is 0.647. The molecule has 1 fully saturated rings. The molecule has 2 heterocycles. The summed E-state index contributed by atoms with van der Waals surface area (Å²) in [4.78, 5) is 22.8. The lowest BCUT2D eigenvalue weighted by Gasteiger charge is -2.32. The zero-order valence-electron chi connectivity index (χ0n) is 16.3. The van der Waals surface area contributed by atoms with Crippen LogP contribution in [0.4, 0.5) is 0 Å². The number of hydrogen-bond acceptors (Lipinski definition) is 6. The Labute approximate surface area is 174 Å². The maximum atomic E-state index is 12.9. The SMILES string of the molecule is N#Cc1nccnc1OC1CCCN(C(=O)c2ccc(Oc3ccccc3)cc2)C1. The standard InChI is InChI=1S/C23H20N4O3/c24-15-21-22(26-13-12-25-21)30-20-7-4-14-27(16-20)23(28)17-8-10-19(11-9-17)29-18-5-2-1-3-6-18/h1-3,5-6,8-13,20H,4,7,14,16H2. The largest absolute Gasteiger partial charge is 0.470 e. The normalized spacial score (nSPS) is 15.8. The lowest BCUT2D eigenvalue weighted by atomic mass is 10.1. The summed E-state index contributed by atoms with van der Waals surface area (Å²) >= 11 is 0. The number of ether oxygens (including phenoxy) is 2. The number of benzene rings is 2. The zero-order chi connectivity index (χ0) is 20.8. The average Bonchev–Trinajstić information content (AvgIpc) is 2.80. The van der Waals surface area contributed by atoms with Crippen LogP contribution in [0.15, 0.2) is 67.0 Å². The first-order chi connectivity index (χ1) is 14.7. The molecule has 150 valence electrons. The molecular weight excluding hydrogens is 380 g/mol.